The van der Waals surface area contributed by atoms with E-state index >= 15 is 0 Å². The molecule has 0 N–H and O–H groups in total. The Morgan fingerprint density at radius 2 is 1.75 bits per heavy atom. The predicted octanol–water partition coefficient (Wildman–Crippen LogP) is 4.21. The number of carbonyl (C=O) groups excluding carboxylic acids is 1. The Kier molecular flexibility index (Phi) is 6.13. The van der Waals surface area contributed by atoms with Gasteiger partial charge in [-0.3, -0.25) is 9.00 Å². The third-order valence-corrected chi connectivity index (χ3v) is 7.86. The zero-order chi connectivity index (χ0) is 24.5. The first-order valence-electron chi connectivity index (χ1n) is 11.9. The maximum atomic E-state index is 13.5. The Hall–Kier alpha value is -3.75. The van der Waals surface area contributed by atoms with Crippen LogP contribution in [0.2, 0.25) is 0 Å². The number of carbonyl (C=O) groups is 1. The van der Waals surface area contributed by atoms with Gasteiger partial charge in [0.2, 0.25) is 0 Å². The van der Waals surface area contributed by atoms with E-state index in [1.165, 1.54) is 0 Å². The fourth-order valence-corrected chi connectivity index (χ4v) is 5.99. The van der Waals surface area contributed by atoms with E-state index in [1.807, 2.05) is 78.9 Å². The van der Waals surface area contributed by atoms with E-state index in [0.717, 1.165) is 33.0 Å². The lowest BCUT2D eigenvalue weighted by Gasteiger charge is -2.26. The maximum absolute atomic E-state index is 13.5. The number of rotatable bonds is 5. The van der Waals surface area contributed by atoms with Crippen LogP contribution in [-0.2, 0) is 27.9 Å². The summed E-state index contributed by atoms with van der Waals surface area (Å²) in [5, 5.41) is 4.82. The Morgan fingerprint density at radius 1 is 0.972 bits per heavy atom. The van der Waals surface area contributed by atoms with Crippen LogP contribution in [0, 0.1) is 0 Å². The monoisotopic (exact) mass is 499 g/mol. The van der Waals surface area contributed by atoms with E-state index in [1.54, 1.807) is 9.58 Å². The van der Waals surface area contributed by atoms with Gasteiger partial charge in [-0.05, 0) is 23.8 Å². The Morgan fingerprint density at radius 3 is 2.58 bits per heavy atom. The highest BCUT2D eigenvalue weighted by Gasteiger charge is 2.34. The van der Waals surface area contributed by atoms with Crippen molar-refractivity contribution in [1.29, 1.82) is 0 Å². The maximum Gasteiger partial charge on any atom is 0.274 e. The second kappa shape index (κ2) is 9.72. The molecule has 1 fully saturated rings. The molecule has 3 heterocycles. The minimum atomic E-state index is -1.25. The number of benzene rings is 3. The van der Waals surface area contributed by atoms with Crippen molar-refractivity contribution in [3.05, 3.63) is 95.7 Å². The molecule has 7 nitrogen and oxygen atoms in total. The summed E-state index contributed by atoms with van der Waals surface area (Å²) in [6.45, 7) is 2.49. The minimum absolute atomic E-state index is 0.152. The molecule has 0 saturated carbocycles. The summed E-state index contributed by atoms with van der Waals surface area (Å²) in [4.78, 5) is 16.1. The van der Waals surface area contributed by atoms with Gasteiger partial charge in [-0.25, -0.2) is 4.68 Å². The van der Waals surface area contributed by atoms with E-state index in [2.05, 4.69) is 0 Å². The van der Waals surface area contributed by atoms with Crippen LogP contribution in [0.3, 0.4) is 0 Å². The fraction of sp³-hybridized carbons (Fsp3) is 0.214. The molecular formula is C28H25N3O4S. The molecule has 8 heteroatoms. The van der Waals surface area contributed by atoms with Crippen molar-refractivity contribution in [3.8, 4) is 22.7 Å². The fourth-order valence-electron chi connectivity index (χ4n) is 4.65. The first-order chi connectivity index (χ1) is 17.7. The Balaban J connectivity index is 1.43. The first kappa shape index (κ1) is 22.7. The molecule has 3 aromatic carbocycles. The number of aromatic nitrogens is 2. The SMILES string of the molecule is O=C(c1nn(-c2cccc(OCc3ccccc3)c2)c2c1CS(=O)c1ccccc1-2)N1CCOCC1. The van der Waals surface area contributed by atoms with E-state index in [4.69, 9.17) is 14.6 Å². The van der Waals surface area contributed by atoms with Gasteiger partial charge >= 0.3 is 0 Å². The van der Waals surface area contributed by atoms with Gasteiger partial charge in [-0.1, -0.05) is 54.6 Å². The molecular weight excluding hydrogens is 474 g/mol. The van der Waals surface area contributed by atoms with Crippen LogP contribution in [0.1, 0.15) is 21.6 Å². The molecule has 1 atom stereocenters. The summed E-state index contributed by atoms with van der Waals surface area (Å²) in [7, 11) is -1.25. The number of ether oxygens (including phenoxy) is 2. The van der Waals surface area contributed by atoms with Crippen molar-refractivity contribution in [1.82, 2.24) is 14.7 Å². The molecule has 2 aliphatic rings. The number of hydrogen-bond acceptors (Lipinski definition) is 5. The van der Waals surface area contributed by atoms with Crippen molar-refractivity contribution < 1.29 is 18.5 Å². The summed E-state index contributed by atoms with van der Waals surface area (Å²) < 4.78 is 26.4. The Bertz CT molecular complexity index is 1440. The topological polar surface area (TPSA) is 73.7 Å². The largest absolute Gasteiger partial charge is 0.489 e. The molecule has 4 aromatic rings. The van der Waals surface area contributed by atoms with Crippen molar-refractivity contribution in [2.24, 2.45) is 0 Å². The highest BCUT2D eigenvalue weighted by molar-refractivity contribution is 7.84. The molecule has 1 amide bonds. The number of hydrogen-bond donors (Lipinski definition) is 0. The molecule has 2 aliphatic heterocycles. The Labute approximate surface area is 211 Å². The molecule has 0 radical (unpaired) electrons. The molecule has 0 spiro atoms. The van der Waals surface area contributed by atoms with E-state index in [9.17, 15) is 9.00 Å². The van der Waals surface area contributed by atoms with Crippen LogP contribution in [-0.4, -0.2) is 51.1 Å². The molecule has 0 aliphatic carbocycles. The molecule has 182 valence electrons. The molecule has 1 aromatic heterocycles. The van der Waals surface area contributed by atoms with Crippen LogP contribution in [0.4, 0.5) is 0 Å². The lowest BCUT2D eigenvalue weighted by molar-refractivity contribution is 0.0298. The molecule has 36 heavy (non-hydrogen) atoms. The minimum Gasteiger partial charge on any atom is -0.489 e. The lowest BCUT2D eigenvalue weighted by atomic mass is 10.0. The van der Waals surface area contributed by atoms with E-state index in [0.29, 0.717) is 44.4 Å². The second-order valence-electron chi connectivity index (χ2n) is 8.75. The third kappa shape index (κ3) is 4.23. The number of nitrogens with zero attached hydrogens (tertiary/aromatic N) is 3. The average molecular weight is 500 g/mol. The van der Waals surface area contributed by atoms with Gasteiger partial charge in [-0.2, -0.15) is 5.10 Å². The smallest absolute Gasteiger partial charge is 0.274 e. The average Bonchev–Trinajstić information content (AvgIpc) is 3.32. The van der Waals surface area contributed by atoms with Crippen LogP contribution in [0.25, 0.3) is 16.9 Å². The third-order valence-electron chi connectivity index (χ3n) is 6.46. The van der Waals surface area contributed by atoms with E-state index in [-0.39, 0.29) is 11.7 Å². The number of fused-ring (bicyclic) bond motifs is 3. The van der Waals surface area contributed by atoms with Crippen LogP contribution in [0.5, 0.6) is 5.75 Å². The summed E-state index contributed by atoms with van der Waals surface area (Å²) in [6, 6.07) is 25.3. The van der Waals surface area contributed by atoms with Gasteiger partial charge < -0.3 is 14.4 Å². The zero-order valence-corrected chi connectivity index (χ0v) is 20.4. The quantitative estimate of drug-likeness (QED) is 0.411. The van der Waals surface area contributed by atoms with Crippen molar-refractivity contribution in [2.45, 2.75) is 17.3 Å². The van der Waals surface area contributed by atoms with Crippen molar-refractivity contribution in [3.63, 3.8) is 0 Å². The van der Waals surface area contributed by atoms with Gasteiger partial charge in [0.25, 0.3) is 5.91 Å². The zero-order valence-electron chi connectivity index (χ0n) is 19.6. The van der Waals surface area contributed by atoms with Gasteiger partial charge in [0.1, 0.15) is 12.4 Å². The predicted molar refractivity (Wildman–Crippen MR) is 137 cm³/mol. The summed E-state index contributed by atoms with van der Waals surface area (Å²) in [5.74, 6) is 0.803. The second-order valence-corrected chi connectivity index (χ2v) is 10.2. The van der Waals surface area contributed by atoms with Gasteiger partial charge in [-0.15, -0.1) is 0 Å². The van der Waals surface area contributed by atoms with Crippen LogP contribution in [0.15, 0.2) is 83.8 Å². The summed E-state index contributed by atoms with van der Waals surface area (Å²) in [5.41, 5.74) is 4.57. The van der Waals surface area contributed by atoms with Crippen molar-refractivity contribution >= 4 is 16.7 Å². The normalized spacial score (nSPS) is 16.8. The molecule has 1 unspecified atom stereocenters. The van der Waals surface area contributed by atoms with Crippen LogP contribution >= 0.6 is 0 Å². The van der Waals surface area contributed by atoms with Crippen molar-refractivity contribution in [2.75, 3.05) is 26.3 Å². The van der Waals surface area contributed by atoms with E-state index < -0.39 is 10.8 Å². The summed E-state index contributed by atoms with van der Waals surface area (Å²) >= 11 is 0. The number of morpholine rings is 1. The standard InChI is InChI=1S/C28H25N3O4S/c32-28(30-13-15-34-16-14-30)26-24-19-36(33)25-12-5-4-11-23(25)27(24)31(29-26)21-9-6-10-22(17-21)35-18-20-7-2-1-3-8-20/h1-12,17H,13-16,18-19H2. The first-order valence-corrected chi connectivity index (χ1v) is 13.2. The molecule has 1 saturated heterocycles. The van der Waals surface area contributed by atoms with Crippen LogP contribution < -0.4 is 4.74 Å². The highest BCUT2D eigenvalue weighted by Crippen LogP contribution is 2.39. The number of amides is 1. The highest BCUT2D eigenvalue weighted by atomic mass is 32.2. The van der Waals surface area contributed by atoms with Gasteiger partial charge in [0.05, 0.1) is 41.1 Å². The summed E-state index contributed by atoms with van der Waals surface area (Å²) in [6.07, 6.45) is 0. The lowest BCUT2D eigenvalue weighted by Crippen LogP contribution is -2.41. The molecule has 0 bridgehead atoms. The molecule has 6 rings (SSSR count). The van der Waals surface area contributed by atoms with Gasteiger partial charge in [0, 0.05) is 35.2 Å². The van der Waals surface area contributed by atoms with Gasteiger partial charge in [0.15, 0.2) is 5.69 Å².